The molecule has 2 aliphatic rings. The van der Waals surface area contributed by atoms with Crippen molar-refractivity contribution in [3.63, 3.8) is 0 Å². The molecule has 2 heterocycles. The molecular weight excluding hydrogens is 188 g/mol. The average Bonchev–Trinajstić information content (AvgIpc) is 2.30. The molecule has 84 valence electrons. The van der Waals surface area contributed by atoms with Crippen LogP contribution in [0.1, 0.15) is 26.2 Å². The molecule has 0 aliphatic carbocycles. The van der Waals surface area contributed by atoms with Gasteiger partial charge in [-0.1, -0.05) is 11.6 Å². The van der Waals surface area contributed by atoms with Crippen LogP contribution in [0.2, 0.25) is 0 Å². The largest absolute Gasteiger partial charge is 0.338 e. The summed E-state index contributed by atoms with van der Waals surface area (Å²) in [5.74, 6) is 0.580. The van der Waals surface area contributed by atoms with Gasteiger partial charge in [0, 0.05) is 19.6 Å². The van der Waals surface area contributed by atoms with Gasteiger partial charge in [0.05, 0.1) is 5.92 Å². The van der Waals surface area contributed by atoms with Crippen LogP contribution in [0, 0.1) is 5.92 Å². The Morgan fingerprint density at radius 2 is 2.47 bits per heavy atom. The van der Waals surface area contributed by atoms with Gasteiger partial charge in [-0.15, -0.1) is 0 Å². The van der Waals surface area contributed by atoms with Crippen molar-refractivity contribution in [2.75, 3.05) is 26.2 Å². The van der Waals surface area contributed by atoms with E-state index in [-0.39, 0.29) is 5.92 Å². The molecule has 2 rings (SSSR count). The smallest absolute Gasteiger partial charge is 0.227 e. The van der Waals surface area contributed by atoms with Gasteiger partial charge in [-0.2, -0.15) is 0 Å². The molecule has 1 fully saturated rings. The quantitative estimate of drug-likeness (QED) is 0.656. The second-order valence-electron chi connectivity index (χ2n) is 4.63. The minimum atomic E-state index is 0.227. The number of nitrogens with zero attached hydrogens (tertiary/aromatic N) is 1. The third-order valence-corrected chi connectivity index (χ3v) is 3.39. The van der Waals surface area contributed by atoms with Gasteiger partial charge in [0.25, 0.3) is 0 Å². The molecule has 3 heteroatoms. The van der Waals surface area contributed by atoms with Crippen molar-refractivity contribution >= 4 is 5.91 Å². The normalized spacial score (nSPS) is 27.4. The van der Waals surface area contributed by atoms with Crippen LogP contribution in [-0.2, 0) is 4.79 Å². The topological polar surface area (TPSA) is 32.3 Å². The lowest BCUT2D eigenvalue weighted by molar-refractivity contribution is -0.135. The van der Waals surface area contributed by atoms with E-state index in [1.54, 1.807) is 0 Å². The molecule has 1 unspecified atom stereocenters. The Morgan fingerprint density at radius 1 is 1.60 bits per heavy atom. The first-order chi connectivity index (χ1) is 7.27. The zero-order valence-corrected chi connectivity index (χ0v) is 9.46. The first kappa shape index (κ1) is 10.7. The summed E-state index contributed by atoms with van der Waals surface area (Å²) in [6, 6.07) is 0. The molecule has 1 amide bonds. The van der Waals surface area contributed by atoms with E-state index in [4.69, 9.17) is 0 Å². The lowest BCUT2D eigenvalue weighted by atomic mass is 9.97. The summed E-state index contributed by atoms with van der Waals surface area (Å²) in [5.41, 5.74) is 1.42. The van der Waals surface area contributed by atoms with E-state index >= 15 is 0 Å². The lowest BCUT2D eigenvalue weighted by Crippen LogP contribution is -2.44. The van der Waals surface area contributed by atoms with E-state index in [1.165, 1.54) is 5.57 Å². The van der Waals surface area contributed by atoms with E-state index in [1.807, 2.05) is 4.90 Å². The second kappa shape index (κ2) is 4.79. The summed E-state index contributed by atoms with van der Waals surface area (Å²) in [4.78, 5) is 14.1. The van der Waals surface area contributed by atoms with E-state index < -0.39 is 0 Å². The summed E-state index contributed by atoms with van der Waals surface area (Å²) in [6.07, 6.45) is 5.42. The second-order valence-corrected chi connectivity index (χ2v) is 4.63. The van der Waals surface area contributed by atoms with Crippen molar-refractivity contribution in [3.8, 4) is 0 Å². The molecule has 15 heavy (non-hydrogen) atoms. The zero-order valence-electron chi connectivity index (χ0n) is 9.46. The van der Waals surface area contributed by atoms with Crippen LogP contribution in [0.5, 0.6) is 0 Å². The SMILES string of the molecule is CC1=CCN(C(=O)C2CCCNC2)CC1. The van der Waals surface area contributed by atoms with E-state index in [9.17, 15) is 4.79 Å². The third-order valence-electron chi connectivity index (χ3n) is 3.39. The Morgan fingerprint density at radius 3 is 3.07 bits per heavy atom. The van der Waals surface area contributed by atoms with Crippen LogP contribution in [0.4, 0.5) is 0 Å². The Bertz CT molecular complexity index is 267. The number of piperidine rings is 1. The number of rotatable bonds is 1. The Balaban J connectivity index is 1.90. The maximum Gasteiger partial charge on any atom is 0.227 e. The van der Waals surface area contributed by atoms with Crippen LogP contribution in [-0.4, -0.2) is 37.0 Å². The minimum absolute atomic E-state index is 0.227. The molecule has 0 aromatic rings. The number of carbonyl (C=O) groups excluding carboxylic acids is 1. The molecule has 2 aliphatic heterocycles. The van der Waals surface area contributed by atoms with E-state index in [2.05, 4.69) is 18.3 Å². The fourth-order valence-electron chi connectivity index (χ4n) is 2.29. The van der Waals surface area contributed by atoms with Gasteiger partial charge in [-0.25, -0.2) is 0 Å². The summed E-state index contributed by atoms with van der Waals surface area (Å²) in [6.45, 7) is 5.82. The Hall–Kier alpha value is -0.830. The molecule has 0 aromatic carbocycles. The summed E-state index contributed by atoms with van der Waals surface area (Å²) in [7, 11) is 0. The van der Waals surface area contributed by atoms with Gasteiger partial charge in [-0.05, 0) is 32.7 Å². The number of amides is 1. The maximum atomic E-state index is 12.1. The van der Waals surface area contributed by atoms with Crippen molar-refractivity contribution < 1.29 is 4.79 Å². The van der Waals surface area contributed by atoms with Crippen LogP contribution >= 0.6 is 0 Å². The molecular formula is C12H20N2O. The molecule has 1 N–H and O–H groups in total. The van der Waals surface area contributed by atoms with Crippen molar-refractivity contribution in [1.82, 2.24) is 10.2 Å². The average molecular weight is 208 g/mol. The standard InChI is InChI=1S/C12H20N2O/c1-10-4-7-14(8-5-10)12(15)11-3-2-6-13-9-11/h4,11,13H,2-3,5-9H2,1H3. The summed E-state index contributed by atoms with van der Waals surface area (Å²) in [5, 5.41) is 3.30. The Labute approximate surface area is 91.5 Å². The van der Waals surface area contributed by atoms with Crippen molar-refractivity contribution in [2.45, 2.75) is 26.2 Å². The van der Waals surface area contributed by atoms with E-state index in [0.717, 1.165) is 45.4 Å². The zero-order chi connectivity index (χ0) is 10.7. The first-order valence-corrected chi connectivity index (χ1v) is 5.92. The van der Waals surface area contributed by atoms with Crippen molar-refractivity contribution in [1.29, 1.82) is 0 Å². The molecule has 1 saturated heterocycles. The minimum Gasteiger partial charge on any atom is -0.338 e. The predicted octanol–water partition coefficient (Wildman–Crippen LogP) is 1.16. The molecule has 0 spiro atoms. The number of hydrogen-bond donors (Lipinski definition) is 1. The van der Waals surface area contributed by atoms with Crippen LogP contribution < -0.4 is 5.32 Å². The predicted molar refractivity (Wildman–Crippen MR) is 60.5 cm³/mol. The number of nitrogens with one attached hydrogen (secondary N) is 1. The highest BCUT2D eigenvalue weighted by Gasteiger charge is 2.26. The highest BCUT2D eigenvalue weighted by molar-refractivity contribution is 5.79. The van der Waals surface area contributed by atoms with Gasteiger partial charge >= 0.3 is 0 Å². The molecule has 0 bridgehead atoms. The Kier molecular flexibility index (Phi) is 3.41. The van der Waals surface area contributed by atoms with Crippen molar-refractivity contribution in [3.05, 3.63) is 11.6 Å². The molecule has 3 nitrogen and oxygen atoms in total. The van der Waals surface area contributed by atoms with Gasteiger partial charge in [0.15, 0.2) is 0 Å². The lowest BCUT2D eigenvalue weighted by Gasteiger charge is -2.31. The van der Waals surface area contributed by atoms with Crippen molar-refractivity contribution in [2.24, 2.45) is 5.92 Å². The molecule has 0 saturated carbocycles. The third kappa shape index (κ3) is 2.59. The fraction of sp³-hybridized carbons (Fsp3) is 0.750. The first-order valence-electron chi connectivity index (χ1n) is 5.92. The van der Waals surface area contributed by atoms with Gasteiger partial charge < -0.3 is 10.2 Å². The van der Waals surface area contributed by atoms with Crippen LogP contribution in [0.3, 0.4) is 0 Å². The molecule has 1 atom stereocenters. The highest BCUT2D eigenvalue weighted by atomic mass is 16.2. The van der Waals surface area contributed by atoms with E-state index in [0.29, 0.717) is 5.91 Å². The summed E-state index contributed by atoms with van der Waals surface area (Å²) >= 11 is 0. The monoisotopic (exact) mass is 208 g/mol. The van der Waals surface area contributed by atoms with Crippen LogP contribution in [0.15, 0.2) is 11.6 Å². The number of hydrogen-bond acceptors (Lipinski definition) is 2. The maximum absolute atomic E-state index is 12.1. The summed E-state index contributed by atoms with van der Waals surface area (Å²) < 4.78 is 0. The highest BCUT2D eigenvalue weighted by Crippen LogP contribution is 2.17. The molecule has 0 radical (unpaired) electrons. The fourth-order valence-corrected chi connectivity index (χ4v) is 2.29. The molecule has 0 aromatic heterocycles. The number of carbonyl (C=O) groups is 1. The van der Waals surface area contributed by atoms with Crippen LogP contribution in [0.25, 0.3) is 0 Å². The van der Waals surface area contributed by atoms with Gasteiger partial charge in [-0.3, -0.25) is 4.79 Å². The van der Waals surface area contributed by atoms with Gasteiger partial charge in [0.1, 0.15) is 0 Å². The van der Waals surface area contributed by atoms with Gasteiger partial charge in [0.2, 0.25) is 5.91 Å².